The van der Waals surface area contributed by atoms with Gasteiger partial charge in [0.25, 0.3) is 0 Å². The van der Waals surface area contributed by atoms with Crippen molar-refractivity contribution in [2.75, 3.05) is 20.7 Å². The fourth-order valence-corrected chi connectivity index (χ4v) is 1.33. The number of hydrogen-bond donors (Lipinski definition) is 1. The van der Waals surface area contributed by atoms with E-state index in [1.54, 1.807) is 0 Å². The minimum Gasteiger partial charge on any atom is -0.469 e. The van der Waals surface area contributed by atoms with E-state index >= 15 is 0 Å². The Morgan fingerprint density at radius 2 is 2.08 bits per heavy atom. The van der Waals surface area contributed by atoms with Crippen molar-refractivity contribution in [3.63, 3.8) is 0 Å². The summed E-state index contributed by atoms with van der Waals surface area (Å²) in [7, 11) is 3.35. The van der Waals surface area contributed by atoms with Crippen LogP contribution in [0.15, 0.2) is 0 Å². The van der Waals surface area contributed by atoms with Crippen molar-refractivity contribution in [1.82, 2.24) is 5.32 Å². The van der Waals surface area contributed by atoms with Gasteiger partial charge in [-0.05, 0) is 25.9 Å². The molecule has 0 spiro atoms. The van der Waals surface area contributed by atoms with Crippen LogP contribution >= 0.6 is 0 Å². The molecule has 0 aromatic heterocycles. The van der Waals surface area contributed by atoms with Gasteiger partial charge >= 0.3 is 5.97 Å². The number of rotatable bonds is 5. The van der Waals surface area contributed by atoms with Gasteiger partial charge in [0.2, 0.25) is 0 Å². The predicted molar refractivity (Wildman–Crippen MR) is 48.9 cm³/mol. The van der Waals surface area contributed by atoms with Crippen LogP contribution in [0.25, 0.3) is 0 Å². The van der Waals surface area contributed by atoms with E-state index in [4.69, 9.17) is 0 Å². The molecule has 0 saturated heterocycles. The fraction of sp³-hybridized carbons (Fsp3) is 0.889. The number of ether oxygens (including phenoxy) is 1. The molecule has 0 heterocycles. The van der Waals surface area contributed by atoms with Crippen molar-refractivity contribution in [2.45, 2.75) is 20.3 Å². The van der Waals surface area contributed by atoms with Crippen LogP contribution in [0, 0.1) is 11.8 Å². The average molecular weight is 173 g/mol. The molecule has 2 unspecified atom stereocenters. The summed E-state index contributed by atoms with van der Waals surface area (Å²) in [5, 5.41) is 3.08. The quantitative estimate of drug-likeness (QED) is 0.631. The summed E-state index contributed by atoms with van der Waals surface area (Å²) in [6, 6.07) is 0. The minimum atomic E-state index is -0.113. The molecule has 2 atom stereocenters. The highest BCUT2D eigenvalue weighted by Crippen LogP contribution is 2.11. The lowest BCUT2D eigenvalue weighted by Gasteiger charge is -2.14. The van der Waals surface area contributed by atoms with Gasteiger partial charge in [-0.25, -0.2) is 0 Å². The Hall–Kier alpha value is -0.570. The first-order chi connectivity index (χ1) is 5.61. The smallest absolute Gasteiger partial charge is 0.308 e. The molecule has 3 nitrogen and oxygen atoms in total. The monoisotopic (exact) mass is 173 g/mol. The van der Waals surface area contributed by atoms with Crippen LogP contribution in [0.4, 0.5) is 0 Å². The molecule has 1 N–H and O–H groups in total. The van der Waals surface area contributed by atoms with Gasteiger partial charge in [-0.2, -0.15) is 0 Å². The molecule has 3 heteroatoms. The largest absolute Gasteiger partial charge is 0.469 e. The molecule has 0 aliphatic carbocycles. The van der Waals surface area contributed by atoms with Gasteiger partial charge in [0.05, 0.1) is 13.0 Å². The van der Waals surface area contributed by atoms with Gasteiger partial charge < -0.3 is 10.1 Å². The zero-order valence-electron chi connectivity index (χ0n) is 8.39. The van der Waals surface area contributed by atoms with E-state index in [0.717, 1.165) is 13.0 Å². The Morgan fingerprint density at radius 1 is 1.50 bits per heavy atom. The van der Waals surface area contributed by atoms with Crippen molar-refractivity contribution in [2.24, 2.45) is 11.8 Å². The van der Waals surface area contributed by atoms with Crippen LogP contribution in [0.3, 0.4) is 0 Å². The van der Waals surface area contributed by atoms with Crippen molar-refractivity contribution in [3.05, 3.63) is 0 Å². The minimum absolute atomic E-state index is 0.0124. The maximum Gasteiger partial charge on any atom is 0.308 e. The molecule has 0 aliphatic rings. The maximum absolute atomic E-state index is 11.0. The van der Waals surface area contributed by atoms with E-state index < -0.39 is 0 Å². The number of nitrogens with one attached hydrogen (secondary N) is 1. The lowest BCUT2D eigenvalue weighted by atomic mass is 9.97. The van der Waals surface area contributed by atoms with Gasteiger partial charge in [0, 0.05) is 0 Å². The van der Waals surface area contributed by atoms with Gasteiger partial charge in [-0.15, -0.1) is 0 Å². The molecule has 0 saturated carbocycles. The molecule has 12 heavy (non-hydrogen) atoms. The summed E-state index contributed by atoms with van der Waals surface area (Å²) in [4.78, 5) is 11.0. The summed E-state index contributed by atoms with van der Waals surface area (Å²) < 4.78 is 4.63. The van der Waals surface area contributed by atoms with Crippen molar-refractivity contribution in [3.8, 4) is 0 Å². The van der Waals surface area contributed by atoms with E-state index in [9.17, 15) is 4.79 Å². The number of esters is 1. The Balaban J connectivity index is 3.67. The normalized spacial score (nSPS) is 15.3. The second-order valence-corrected chi connectivity index (χ2v) is 3.32. The topological polar surface area (TPSA) is 38.3 Å². The first kappa shape index (κ1) is 11.4. The first-order valence-electron chi connectivity index (χ1n) is 4.34. The molecule has 0 fully saturated rings. The Morgan fingerprint density at radius 3 is 2.50 bits per heavy atom. The molecule has 72 valence electrons. The van der Waals surface area contributed by atoms with E-state index in [1.165, 1.54) is 7.11 Å². The van der Waals surface area contributed by atoms with Gasteiger partial charge in [0.1, 0.15) is 0 Å². The van der Waals surface area contributed by atoms with Crippen LogP contribution in [-0.4, -0.2) is 26.7 Å². The Kier molecular flexibility index (Phi) is 5.72. The molecule has 0 bridgehead atoms. The summed E-state index contributed by atoms with van der Waals surface area (Å²) in [5.74, 6) is 0.417. The van der Waals surface area contributed by atoms with Crippen molar-refractivity contribution >= 4 is 5.97 Å². The highest BCUT2D eigenvalue weighted by molar-refractivity contribution is 5.71. The van der Waals surface area contributed by atoms with Crippen LogP contribution in [-0.2, 0) is 9.53 Å². The lowest BCUT2D eigenvalue weighted by molar-refractivity contribution is -0.145. The second kappa shape index (κ2) is 6.00. The first-order valence-corrected chi connectivity index (χ1v) is 4.34. The Bertz CT molecular complexity index is 136. The zero-order chi connectivity index (χ0) is 9.56. The van der Waals surface area contributed by atoms with E-state index in [1.807, 2.05) is 14.0 Å². The van der Waals surface area contributed by atoms with E-state index in [-0.39, 0.29) is 11.9 Å². The molecule has 0 rings (SSSR count). The fourth-order valence-electron chi connectivity index (χ4n) is 1.33. The molecule has 0 amide bonds. The Labute approximate surface area is 74.5 Å². The van der Waals surface area contributed by atoms with Crippen LogP contribution < -0.4 is 5.32 Å². The second-order valence-electron chi connectivity index (χ2n) is 3.32. The molecule has 0 aliphatic heterocycles. The predicted octanol–water partition coefficient (Wildman–Crippen LogP) is 1.04. The molecule has 0 radical (unpaired) electrons. The summed E-state index contributed by atoms with van der Waals surface area (Å²) in [6.45, 7) is 4.97. The standard InChI is InChI=1S/C9H19NO2/c1-7(6-10-3)5-8(2)9(11)12-4/h7-8,10H,5-6H2,1-4H3. The number of methoxy groups -OCH3 is 1. The average Bonchev–Trinajstić information content (AvgIpc) is 2.03. The summed E-state index contributed by atoms with van der Waals surface area (Å²) in [5.41, 5.74) is 0. The van der Waals surface area contributed by atoms with E-state index in [0.29, 0.717) is 5.92 Å². The third kappa shape index (κ3) is 4.34. The molecular formula is C9H19NO2. The summed E-state index contributed by atoms with van der Waals surface area (Å²) in [6.07, 6.45) is 0.882. The van der Waals surface area contributed by atoms with E-state index in [2.05, 4.69) is 17.0 Å². The molecular weight excluding hydrogens is 154 g/mol. The highest BCUT2D eigenvalue weighted by Gasteiger charge is 2.15. The number of carbonyl (C=O) groups excluding carboxylic acids is 1. The maximum atomic E-state index is 11.0. The third-order valence-electron chi connectivity index (χ3n) is 1.91. The zero-order valence-corrected chi connectivity index (χ0v) is 8.39. The number of carbonyl (C=O) groups is 1. The highest BCUT2D eigenvalue weighted by atomic mass is 16.5. The van der Waals surface area contributed by atoms with Gasteiger partial charge in [-0.1, -0.05) is 13.8 Å². The van der Waals surface area contributed by atoms with Gasteiger partial charge in [-0.3, -0.25) is 4.79 Å². The van der Waals surface area contributed by atoms with Crippen molar-refractivity contribution < 1.29 is 9.53 Å². The third-order valence-corrected chi connectivity index (χ3v) is 1.91. The molecule has 0 aromatic rings. The SMILES string of the molecule is CNCC(C)CC(C)C(=O)OC. The lowest BCUT2D eigenvalue weighted by Crippen LogP contribution is -2.22. The van der Waals surface area contributed by atoms with Crippen LogP contribution in [0.2, 0.25) is 0 Å². The molecule has 0 aromatic carbocycles. The summed E-state index contributed by atoms with van der Waals surface area (Å²) >= 11 is 0. The van der Waals surface area contributed by atoms with Crippen molar-refractivity contribution in [1.29, 1.82) is 0 Å². The number of hydrogen-bond acceptors (Lipinski definition) is 3. The van der Waals surface area contributed by atoms with Crippen LogP contribution in [0.1, 0.15) is 20.3 Å². The van der Waals surface area contributed by atoms with Gasteiger partial charge in [0.15, 0.2) is 0 Å². The van der Waals surface area contributed by atoms with Crippen LogP contribution in [0.5, 0.6) is 0 Å².